The number of hydrogen-bond donors (Lipinski definition) is 1. The lowest BCUT2D eigenvalue weighted by molar-refractivity contribution is -0.128. The van der Waals surface area contributed by atoms with Gasteiger partial charge in [0.25, 0.3) is 0 Å². The molecule has 3 nitrogen and oxygen atoms in total. The average Bonchev–Trinajstić information content (AvgIpc) is 2.52. The van der Waals surface area contributed by atoms with E-state index in [4.69, 9.17) is 0 Å². The Balaban J connectivity index is 2.03. The van der Waals surface area contributed by atoms with Crippen molar-refractivity contribution in [2.45, 2.75) is 44.9 Å². The van der Waals surface area contributed by atoms with E-state index in [1.54, 1.807) is 4.90 Å². The van der Waals surface area contributed by atoms with Crippen molar-refractivity contribution in [3.8, 4) is 0 Å². The molecule has 1 fully saturated rings. The predicted octanol–water partition coefficient (Wildman–Crippen LogP) is 2.02. The summed E-state index contributed by atoms with van der Waals surface area (Å²) in [6.07, 6.45) is 8.97. The zero-order valence-electron chi connectivity index (χ0n) is 10.8. The van der Waals surface area contributed by atoms with Gasteiger partial charge in [0.05, 0.1) is 0 Å². The fraction of sp³-hybridized carbons (Fsp3) is 0.923. The zero-order chi connectivity index (χ0) is 11.8. The number of nitrogens with zero attached hydrogens (tertiary/aromatic N) is 1. The SMILES string of the molecule is CN(C)C(=O)CCNCC1CCCCCC1. The molecule has 16 heavy (non-hydrogen) atoms. The summed E-state index contributed by atoms with van der Waals surface area (Å²) in [5.74, 6) is 1.06. The smallest absolute Gasteiger partial charge is 0.223 e. The number of hydrogen-bond acceptors (Lipinski definition) is 2. The molecule has 0 spiro atoms. The average molecular weight is 226 g/mol. The lowest BCUT2D eigenvalue weighted by atomic mass is 10.0. The molecule has 94 valence electrons. The summed E-state index contributed by atoms with van der Waals surface area (Å²) in [4.78, 5) is 13.0. The minimum absolute atomic E-state index is 0.216. The lowest BCUT2D eigenvalue weighted by Crippen LogP contribution is -2.29. The first-order chi connectivity index (χ1) is 7.70. The summed E-state index contributed by atoms with van der Waals surface area (Å²) in [7, 11) is 3.63. The second-order valence-electron chi connectivity index (χ2n) is 5.10. The molecule has 0 aromatic heterocycles. The number of nitrogens with one attached hydrogen (secondary N) is 1. The maximum atomic E-state index is 11.3. The van der Waals surface area contributed by atoms with Gasteiger partial charge in [0.1, 0.15) is 0 Å². The molecular formula is C13H26N2O. The highest BCUT2D eigenvalue weighted by Crippen LogP contribution is 2.21. The van der Waals surface area contributed by atoms with Crippen molar-refractivity contribution in [3.05, 3.63) is 0 Å². The lowest BCUT2D eigenvalue weighted by Gasteiger charge is -2.15. The van der Waals surface area contributed by atoms with Gasteiger partial charge in [-0.2, -0.15) is 0 Å². The van der Waals surface area contributed by atoms with Crippen LogP contribution in [0, 0.1) is 5.92 Å². The molecule has 1 N–H and O–H groups in total. The van der Waals surface area contributed by atoms with E-state index in [9.17, 15) is 4.79 Å². The first kappa shape index (κ1) is 13.5. The molecule has 0 radical (unpaired) electrons. The summed E-state index contributed by atoms with van der Waals surface area (Å²) < 4.78 is 0. The second-order valence-corrected chi connectivity index (χ2v) is 5.10. The molecule has 1 aliphatic rings. The second kappa shape index (κ2) is 7.66. The van der Waals surface area contributed by atoms with E-state index in [0.29, 0.717) is 6.42 Å². The maximum Gasteiger partial charge on any atom is 0.223 e. The van der Waals surface area contributed by atoms with Gasteiger partial charge >= 0.3 is 0 Å². The molecule has 1 saturated carbocycles. The zero-order valence-corrected chi connectivity index (χ0v) is 10.8. The fourth-order valence-electron chi connectivity index (χ4n) is 2.29. The highest BCUT2D eigenvalue weighted by Gasteiger charge is 2.11. The molecule has 1 amide bonds. The third-order valence-corrected chi connectivity index (χ3v) is 3.42. The van der Waals surface area contributed by atoms with Crippen molar-refractivity contribution in [1.29, 1.82) is 0 Å². The Bertz CT molecular complexity index is 196. The van der Waals surface area contributed by atoms with Crippen LogP contribution in [0.5, 0.6) is 0 Å². The van der Waals surface area contributed by atoms with Gasteiger partial charge in [0, 0.05) is 27.1 Å². The van der Waals surface area contributed by atoms with Gasteiger partial charge in [-0.15, -0.1) is 0 Å². The van der Waals surface area contributed by atoms with Crippen molar-refractivity contribution in [3.63, 3.8) is 0 Å². The van der Waals surface area contributed by atoms with Gasteiger partial charge in [0.15, 0.2) is 0 Å². The Kier molecular flexibility index (Phi) is 6.46. The van der Waals surface area contributed by atoms with Crippen molar-refractivity contribution in [1.82, 2.24) is 10.2 Å². The van der Waals surface area contributed by atoms with Crippen molar-refractivity contribution >= 4 is 5.91 Å². The number of carbonyl (C=O) groups is 1. The molecule has 0 unspecified atom stereocenters. The van der Waals surface area contributed by atoms with Crippen molar-refractivity contribution in [2.24, 2.45) is 5.92 Å². The Morgan fingerprint density at radius 3 is 2.38 bits per heavy atom. The van der Waals surface area contributed by atoms with Crippen LogP contribution in [0.25, 0.3) is 0 Å². The Hall–Kier alpha value is -0.570. The molecular weight excluding hydrogens is 200 g/mol. The van der Waals surface area contributed by atoms with Crippen LogP contribution < -0.4 is 5.32 Å². The minimum Gasteiger partial charge on any atom is -0.349 e. The molecule has 0 atom stereocenters. The predicted molar refractivity (Wildman–Crippen MR) is 67.4 cm³/mol. The molecule has 1 rings (SSSR count). The third kappa shape index (κ3) is 5.50. The highest BCUT2D eigenvalue weighted by atomic mass is 16.2. The quantitative estimate of drug-likeness (QED) is 0.574. The molecule has 3 heteroatoms. The molecule has 0 saturated heterocycles. The number of carbonyl (C=O) groups excluding carboxylic acids is 1. The van der Waals surface area contributed by atoms with E-state index < -0.39 is 0 Å². The van der Waals surface area contributed by atoms with Crippen molar-refractivity contribution < 1.29 is 4.79 Å². The maximum absolute atomic E-state index is 11.3. The van der Waals surface area contributed by atoms with Crippen LogP contribution in [0.4, 0.5) is 0 Å². The standard InChI is InChI=1S/C13H26N2O/c1-15(2)13(16)9-10-14-11-12-7-5-3-4-6-8-12/h12,14H,3-11H2,1-2H3. The van der Waals surface area contributed by atoms with Gasteiger partial charge in [-0.05, 0) is 25.3 Å². The fourth-order valence-corrected chi connectivity index (χ4v) is 2.29. The Labute approximate surface area is 99.6 Å². The Morgan fingerprint density at radius 1 is 1.19 bits per heavy atom. The van der Waals surface area contributed by atoms with Gasteiger partial charge in [-0.25, -0.2) is 0 Å². The first-order valence-corrected chi connectivity index (χ1v) is 6.61. The molecule has 0 aromatic carbocycles. The summed E-state index contributed by atoms with van der Waals surface area (Å²) in [5, 5.41) is 3.42. The molecule has 0 bridgehead atoms. The monoisotopic (exact) mass is 226 g/mol. The van der Waals surface area contributed by atoms with Gasteiger partial charge in [0.2, 0.25) is 5.91 Å². The number of amides is 1. The summed E-state index contributed by atoms with van der Waals surface area (Å²) in [6.45, 7) is 1.92. The van der Waals surface area contributed by atoms with E-state index in [-0.39, 0.29) is 5.91 Å². The van der Waals surface area contributed by atoms with E-state index >= 15 is 0 Å². The summed E-state index contributed by atoms with van der Waals surface area (Å²) in [5.41, 5.74) is 0. The third-order valence-electron chi connectivity index (χ3n) is 3.42. The van der Waals surface area contributed by atoms with Crippen LogP contribution in [0.15, 0.2) is 0 Å². The van der Waals surface area contributed by atoms with Crippen LogP contribution in [0.3, 0.4) is 0 Å². The highest BCUT2D eigenvalue weighted by molar-refractivity contribution is 5.75. The molecule has 0 aromatic rings. The normalized spacial score (nSPS) is 18.1. The van der Waals surface area contributed by atoms with Gasteiger partial charge in [-0.3, -0.25) is 4.79 Å². The summed E-state index contributed by atoms with van der Waals surface area (Å²) >= 11 is 0. The van der Waals surface area contributed by atoms with Crippen LogP contribution in [-0.4, -0.2) is 38.0 Å². The topological polar surface area (TPSA) is 32.3 Å². The van der Waals surface area contributed by atoms with Crippen LogP contribution in [-0.2, 0) is 4.79 Å². The van der Waals surface area contributed by atoms with E-state index in [1.807, 2.05) is 14.1 Å². The van der Waals surface area contributed by atoms with Gasteiger partial charge < -0.3 is 10.2 Å². The minimum atomic E-state index is 0.216. The first-order valence-electron chi connectivity index (χ1n) is 6.61. The van der Waals surface area contributed by atoms with Crippen LogP contribution in [0.1, 0.15) is 44.9 Å². The van der Waals surface area contributed by atoms with E-state index in [0.717, 1.165) is 19.0 Å². The molecule has 0 heterocycles. The van der Waals surface area contributed by atoms with Crippen LogP contribution >= 0.6 is 0 Å². The number of rotatable bonds is 5. The Morgan fingerprint density at radius 2 is 1.81 bits per heavy atom. The molecule has 1 aliphatic carbocycles. The van der Waals surface area contributed by atoms with E-state index in [1.165, 1.54) is 38.5 Å². The van der Waals surface area contributed by atoms with Crippen molar-refractivity contribution in [2.75, 3.05) is 27.2 Å². The molecule has 0 aliphatic heterocycles. The largest absolute Gasteiger partial charge is 0.349 e. The van der Waals surface area contributed by atoms with Gasteiger partial charge in [-0.1, -0.05) is 25.7 Å². The summed E-state index contributed by atoms with van der Waals surface area (Å²) in [6, 6.07) is 0. The van der Waals surface area contributed by atoms with Crippen LogP contribution in [0.2, 0.25) is 0 Å². The van der Waals surface area contributed by atoms with E-state index in [2.05, 4.69) is 5.32 Å².